The lowest BCUT2D eigenvalue weighted by molar-refractivity contribution is -0.120. The second-order valence-corrected chi connectivity index (χ2v) is 4.86. The molecular weight excluding hydrogens is 218 g/mol. The lowest BCUT2D eigenvalue weighted by atomic mass is 9.90. The molecule has 1 aliphatic heterocycles. The molecule has 1 fully saturated rings. The van der Waals surface area contributed by atoms with Gasteiger partial charge in [0.25, 0.3) is 0 Å². The van der Waals surface area contributed by atoms with Crippen molar-refractivity contribution in [2.75, 3.05) is 26.4 Å². The first kappa shape index (κ1) is 12.4. The summed E-state index contributed by atoms with van der Waals surface area (Å²) in [5.41, 5.74) is 1.38. The second kappa shape index (κ2) is 5.49. The fourth-order valence-corrected chi connectivity index (χ4v) is 1.72. The van der Waals surface area contributed by atoms with Crippen LogP contribution in [0.1, 0.15) is 12.5 Å². The minimum atomic E-state index is 0.187. The summed E-state index contributed by atoms with van der Waals surface area (Å²) in [7, 11) is 0. The summed E-state index contributed by atoms with van der Waals surface area (Å²) in [5, 5.41) is 0. The van der Waals surface area contributed by atoms with Crippen molar-refractivity contribution < 1.29 is 14.3 Å². The van der Waals surface area contributed by atoms with Gasteiger partial charge in [0.15, 0.2) is 0 Å². The molecule has 0 saturated carbocycles. The van der Waals surface area contributed by atoms with Gasteiger partial charge >= 0.3 is 0 Å². The highest BCUT2D eigenvalue weighted by Crippen LogP contribution is 2.27. The van der Waals surface area contributed by atoms with E-state index in [4.69, 9.17) is 15.4 Å². The van der Waals surface area contributed by atoms with Gasteiger partial charge in [0.05, 0.1) is 26.4 Å². The molecule has 0 aromatic heterocycles. The SMILES string of the molecule is CC1(COc2ccc(CCON)cc2)COC1. The van der Waals surface area contributed by atoms with Crippen LogP contribution in [-0.2, 0) is 16.0 Å². The van der Waals surface area contributed by atoms with Crippen LogP contribution in [0.3, 0.4) is 0 Å². The van der Waals surface area contributed by atoms with E-state index in [1.54, 1.807) is 0 Å². The van der Waals surface area contributed by atoms with Gasteiger partial charge < -0.3 is 14.3 Å². The van der Waals surface area contributed by atoms with Gasteiger partial charge in [0, 0.05) is 5.41 Å². The minimum Gasteiger partial charge on any atom is -0.493 e. The summed E-state index contributed by atoms with van der Waals surface area (Å²) in [6.45, 7) is 5.00. The predicted molar refractivity (Wildman–Crippen MR) is 64.7 cm³/mol. The summed E-state index contributed by atoms with van der Waals surface area (Å²) in [4.78, 5) is 4.55. The Morgan fingerprint density at radius 1 is 1.29 bits per heavy atom. The molecule has 0 atom stereocenters. The van der Waals surface area contributed by atoms with Crippen molar-refractivity contribution >= 4 is 0 Å². The normalized spacial score (nSPS) is 17.5. The molecule has 0 unspecified atom stereocenters. The largest absolute Gasteiger partial charge is 0.493 e. The molecule has 0 aliphatic carbocycles. The van der Waals surface area contributed by atoms with Crippen LogP contribution in [0.25, 0.3) is 0 Å². The minimum absolute atomic E-state index is 0.187. The number of hydrogen-bond donors (Lipinski definition) is 1. The van der Waals surface area contributed by atoms with Gasteiger partial charge in [-0.1, -0.05) is 19.1 Å². The Kier molecular flexibility index (Phi) is 3.99. The van der Waals surface area contributed by atoms with Crippen LogP contribution >= 0.6 is 0 Å². The van der Waals surface area contributed by atoms with Crippen molar-refractivity contribution in [3.8, 4) is 5.75 Å². The molecule has 2 rings (SSSR count). The van der Waals surface area contributed by atoms with Crippen LogP contribution < -0.4 is 10.6 Å². The Morgan fingerprint density at radius 2 is 2.00 bits per heavy atom. The average molecular weight is 237 g/mol. The third-order valence-electron chi connectivity index (χ3n) is 2.92. The second-order valence-electron chi connectivity index (χ2n) is 4.86. The maximum absolute atomic E-state index is 5.74. The summed E-state index contributed by atoms with van der Waals surface area (Å²) >= 11 is 0. The molecule has 1 aromatic rings. The first-order valence-electron chi connectivity index (χ1n) is 5.83. The van der Waals surface area contributed by atoms with E-state index in [9.17, 15) is 0 Å². The highest BCUT2D eigenvalue weighted by Gasteiger charge is 2.34. The summed E-state index contributed by atoms with van der Waals surface area (Å²) in [6, 6.07) is 8.03. The van der Waals surface area contributed by atoms with Crippen molar-refractivity contribution in [1.29, 1.82) is 0 Å². The van der Waals surface area contributed by atoms with Gasteiger partial charge in [-0.2, -0.15) is 0 Å². The first-order chi connectivity index (χ1) is 8.22. The molecule has 2 N–H and O–H groups in total. The number of benzene rings is 1. The molecule has 1 aliphatic rings. The molecule has 4 nitrogen and oxygen atoms in total. The molecular formula is C13H19NO3. The maximum atomic E-state index is 5.74. The van der Waals surface area contributed by atoms with Crippen molar-refractivity contribution in [2.24, 2.45) is 11.3 Å². The quantitative estimate of drug-likeness (QED) is 0.762. The third-order valence-corrected chi connectivity index (χ3v) is 2.92. The Bertz CT molecular complexity index is 346. The fourth-order valence-electron chi connectivity index (χ4n) is 1.72. The molecule has 4 heteroatoms. The number of hydrogen-bond acceptors (Lipinski definition) is 4. The van der Waals surface area contributed by atoms with E-state index in [2.05, 4.69) is 11.8 Å². The number of ether oxygens (including phenoxy) is 2. The topological polar surface area (TPSA) is 53.7 Å². The molecule has 1 aromatic carbocycles. The van der Waals surface area contributed by atoms with E-state index in [0.29, 0.717) is 13.2 Å². The average Bonchev–Trinajstić information content (AvgIpc) is 2.33. The fraction of sp³-hybridized carbons (Fsp3) is 0.538. The highest BCUT2D eigenvalue weighted by atomic mass is 16.6. The Hall–Kier alpha value is -1.10. The molecule has 0 radical (unpaired) electrons. The molecule has 0 spiro atoms. The predicted octanol–water partition coefficient (Wildman–Crippen LogP) is 1.53. The van der Waals surface area contributed by atoms with Crippen molar-refractivity contribution in [2.45, 2.75) is 13.3 Å². The van der Waals surface area contributed by atoms with Crippen LogP contribution in [0.4, 0.5) is 0 Å². The lowest BCUT2D eigenvalue weighted by Crippen LogP contribution is -2.44. The summed E-state index contributed by atoms with van der Waals surface area (Å²) in [5.74, 6) is 5.89. The van der Waals surface area contributed by atoms with Gasteiger partial charge in [-0.15, -0.1) is 0 Å². The van der Waals surface area contributed by atoms with Gasteiger partial charge in [-0.3, -0.25) is 0 Å². The van der Waals surface area contributed by atoms with Crippen molar-refractivity contribution in [3.63, 3.8) is 0 Å². The van der Waals surface area contributed by atoms with E-state index in [1.165, 1.54) is 5.56 Å². The summed E-state index contributed by atoms with van der Waals surface area (Å²) < 4.78 is 10.9. The van der Waals surface area contributed by atoms with Gasteiger partial charge in [-0.05, 0) is 24.1 Å². The molecule has 1 heterocycles. The lowest BCUT2D eigenvalue weighted by Gasteiger charge is -2.37. The van der Waals surface area contributed by atoms with Crippen LogP contribution in [0.2, 0.25) is 0 Å². The smallest absolute Gasteiger partial charge is 0.119 e. The monoisotopic (exact) mass is 237 g/mol. The Morgan fingerprint density at radius 3 is 2.53 bits per heavy atom. The molecule has 0 bridgehead atoms. The van der Waals surface area contributed by atoms with E-state index in [-0.39, 0.29) is 5.41 Å². The van der Waals surface area contributed by atoms with Crippen LogP contribution in [0.5, 0.6) is 5.75 Å². The zero-order valence-corrected chi connectivity index (χ0v) is 10.1. The van der Waals surface area contributed by atoms with E-state index in [0.717, 1.165) is 25.4 Å². The van der Waals surface area contributed by atoms with Crippen molar-refractivity contribution in [3.05, 3.63) is 29.8 Å². The Balaban J connectivity index is 1.81. The molecule has 0 amide bonds. The maximum Gasteiger partial charge on any atom is 0.119 e. The van der Waals surface area contributed by atoms with Crippen LogP contribution in [-0.4, -0.2) is 26.4 Å². The zero-order valence-electron chi connectivity index (χ0n) is 10.1. The first-order valence-corrected chi connectivity index (χ1v) is 5.83. The molecule has 17 heavy (non-hydrogen) atoms. The van der Waals surface area contributed by atoms with Crippen LogP contribution in [0.15, 0.2) is 24.3 Å². The number of nitrogens with two attached hydrogens (primary N) is 1. The van der Waals surface area contributed by atoms with Gasteiger partial charge in [0.1, 0.15) is 5.75 Å². The van der Waals surface area contributed by atoms with Crippen molar-refractivity contribution in [1.82, 2.24) is 0 Å². The standard InChI is InChI=1S/C13H19NO3/c1-13(8-15-9-13)10-16-12-4-2-11(3-5-12)6-7-17-14/h2-5H,6-10,14H2,1H3. The Labute approximate surface area is 102 Å². The van der Waals surface area contributed by atoms with Crippen LogP contribution in [0, 0.1) is 5.41 Å². The van der Waals surface area contributed by atoms with E-state index in [1.807, 2.05) is 24.3 Å². The zero-order chi connectivity index (χ0) is 12.1. The van der Waals surface area contributed by atoms with Gasteiger partial charge in [-0.25, -0.2) is 5.90 Å². The molecule has 94 valence electrons. The van der Waals surface area contributed by atoms with E-state index >= 15 is 0 Å². The third kappa shape index (κ3) is 3.43. The van der Waals surface area contributed by atoms with E-state index < -0.39 is 0 Å². The van der Waals surface area contributed by atoms with Gasteiger partial charge in [0.2, 0.25) is 0 Å². The summed E-state index contributed by atoms with van der Waals surface area (Å²) in [6.07, 6.45) is 0.822. The number of rotatable bonds is 6. The highest BCUT2D eigenvalue weighted by molar-refractivity contribution is 5.27. The molecule has 1 saturated heterocycles.